The van der Waals surface area contributed by atoms with Crippen molar-refractivity contribution in [2.45, 2.75) is 52.9 Å². The van der Waals surface area contributed by atoms with Crippen molar-refractivity contribution in [3.05, 3.63) is 46.2 Å². The van der Waals surface area contributed by atoms with Crippen LogP contribution < -0.4 is 5.32 Å². The van der Waals surface area contributed by atoms with E-state index >= 15 is 0 Å². The van der Waals surface area contributed by atoms with Crippen molar-refractivity contribution in [3.63, 3.8) is 0 Å². The molecule has 1 N–H and O–H groups in total. The number of aryl methyl sites for hydroxylation is 1. The van der Waals surface area contributed by atoms with E-state index in [4.69, 9.17) is 11.6 Å². The van der Waals surface area contributed by atoms with Gasteiger partial charge >= 0.3 is 0 Å². The molecule has 0 saturated carbocycles. The topological polar surface area (TPSA) is 46.9 Å². The molecule has 0 aliphatic carbocycles. The summed E-state index contributed by atoms with van der Waals surface area (Å²) in [6.45, 7) is 6.33. The molecule has 0 unspecified atom stereocenters. The second-order valence-electron chi connectivity index (χ2n) is 6.10. The zero-order valence-corrected chi connectivity index (χ0v) is 15.5. The van der Waals surface area contributed by atoms with Crippen LogP contribution in [0.1, 0.15) is 54.4 Å². The summed E-state index contributed by atoms with van der Waals surface area (Å²) in [5.41, 5.74) is 3.87. The Bertz CT molecular complexity index is 694. The van der Waals surface area contributed by atoms with Gasteiger partial charge in [-0.3, -0.25) is 4.79 Å². The number of aromatic nitrogens is 2. The lowest BCUT2D eigenvalue weighted by Gasteiger charge is -2.08. The van der Waals surface area contributed by atoms with Crippen LogP contribution in [0.15, 0.2) is 24.3 Å². The lowest BCUT2D eigenvalue weighted by Crippen LogP contribution is -2.23. The van der Waals surface area contributed by atoms with E-state index < -0.39 is 0 Å². The summed E-state index contributed by atoms with van der Waals surface area (Å²) in [4.78, 5) is 12.5. The fourth-order valence-corrected chi connectivity index (χ4v) is 3.06. The molecule has 2 rings (SSSR count). The Labute approximate surface area is 149 Å². The summed E-state index contributed by atoms with van der Waals surface area (Å²) in [5, 5.41) is 8.13. The zero-order valence-electron chi connectivity index (χ0n) is 14.7. The van der Waals surface area contributed by atoms with Crippen LogP contribution in [0.4, 0.5) is 5.69 Å². The van der Waals surface area contributed by atoms with Gasteiger partial charge in [0.15, 0.2) is 0 Å². The molecule has 0 bridgehead atoms. The number of hydrogen-bond donors (Lipinski definition) is 1. The van der Waals surface area contributed by atoms with Gasteiger partial charge in [0.2, 0.25) is 0 Å². The fourth-order valence-electron chi connectivity index (χ4n) is 2.86. The van der Waals surface area contributed by atoms with E-state index in [9.17, 15) is 4.79 Å². The molecule has 1 aromatic carbocycles. The summed E-state index contributed by atoms with van der Waals surface area (Å²) in [5.74, 6) is -0.0738. The number of carbonyl (C=O) groups is 1. The van der Waals surface area contributed by atoms with Crippen molar-refractivity contribution < 1.29 is 4.79 Å². The maximum atomic E-state index is 12.5. The van der Waals surface area contributed by atoms with E-state index in [0.29, 0.717) is 5.02 Å². The maximum absolute atomic E-state index is 12.5. The van der Waals surface area contributed by atoms with Gasteiger partial charge in [-0.2, -0.15) is 5.10 Å². The summed E-state index contributed by atoms with van der Waals surface area (Å²) in [6, 6.07) is 7.40. The highest BCUT2D eigenvalue weighted by atomic mass is 35.5. The van der Waals surface area contributed by atoms with Gasteiger partial charge in [0.25, 0.3) is 5.91 Å². The first-order valence-corrected chi connectivity index (χ1v) is 8.99. The Morgan fingerprint density at radius 3 is 2.67 bits per heavy atom. The lowest BCUT2D eigenvalue weighted by atomic mass is 10.0. The third kappa shape index (κ3) is 4.60. The molecule has 0 aliphatic rings. The third-order valence-corrected chi connectivity index (χ3v) is 4.59. The van der Waals surface area contributed by atoms with Crippen molar-refractivity contribution in [2.24, 2.45) is 0 Å². The van der Waals surface area contributed by atoms with E-state index in [2.05, 4.69) is 17.3 Å². The minimum atomic E-state index is -0.0738. The predicted octanol–water partition coefficient (Wildman–Crippen LogP) is 5.03. The van der Waals surface area contributed by atoms with Crippen LogP contribution in [0.2, 0.25) is 5.02 Å². The Morgan fingerprint density at radius 1 is 1.21 bits per heavy atom. The van der Waals surface area contributed by atoms with Gasteiger partial charge in [-0.15, -0.1) is 0 Å². The first-order valence-electron chi connectivity index (χ1n) is 8.61. The standard InChI is InChI=1S/C19H26ClN3O/c1-4-5-6-7-10-16-14(2)22-23(15(16)3)19(24)13-21-18-12-9-8-11-17(18)20/h8-9,11-12,21H,4-7,10,13H2,1-3H3. The second kappa shape index (κ2) is 8.88. The molecule has 24 heavy (non-hydrogen) atoms. The Morgan fingerprint density at radius 2 is 1.96 bits per heavy atom. The number of nitrogens with one attached hydrogen (secondary N) is 1. The van der Waals surface area contributed by atoms with Gasteiger partial charge in [0, 0.05) is 5.69 Å². The molecule has 130 valence electrons. The molecule has 4 nitrogen and oxygen atoms in total. The Balaban J connectivity index is 2.00. The van der Waals surface area contributed by atoms with Gasteiger partial charge in [0.05, 0.1) is 22.9 Å². The second-order valence-corrected chi connectivity index (χ2v) is 6.51. The van der Waals surface area contributed by atoms with Gasteiger partial charge in [0.1, 0.15) is 0 Å². The van der Waals surface area contributed by atoms with Gasteiger partial charge in [-0.05, 0) is 44.4 Å². The Hall–Kier alpha value is -1.81. The van der Waals surface area contributed by atoms with Crippen molar-refractivity contribution >= 4 is 23.2 Å². The number of hydrogen-bond acceptors (Lipinski definition) is 3. The van der Waals surface area contributed by atoms with E-state index in [1.54, 1.807) is 6.07 Å². The smallest absolute Gasteiger partial charge is 0.266 e. The van der Waals surface area contributed by atoms with Crippen molar-refractivity contribution in [3.8, 4) is 0 Å². The van der Waals surface area contributed by atoms with Crippen molar-refractivity contribution in [1.29, 1.82) is 0 Å². The van der Waals surface area contributed by atoms with Crippen molar-refractivity contribution in [2.75, 3.05) is 11.9 Å². The van der Waals surface area contributed by atoms with Crippen LogP contribution in [0.3, 0.4) is 0 Å². The quantitative estimate of drug-likeness (QED) is 0.681. The van der Waals surface area contributed by atoms with E-state index in [0.717, 1.165) is 29.9 Å². The molecule has 0 fully saturated rings. The number of benzene rings is 1. The fraction of sp³-hybridized carbons (Fsp3) is 0.474. The number of halogens is 1. The molecule has 2 aromatic rings. The lowest BCUT2D eigenvalue weighted by molar-refractivity contribution is 0.0910. The average molecular weight is 348 g/mol. The first kappa shape index (κ1) is 18.5. The monoisotopic (exact) mass is 347 g/mol. The van der Waals surface area contributed by atoms with Crippen LogP contribution in [0.25, 0.3) is 0 Å². The maximum Gasteiger partial charge on any atom is 0.266 e. The van der Waals surface area contributed by atoms with Gasteiger partial charge < -0.3 is 5.32 Å². The first-order chi connectivity index (χ1) is 11.5. The molecule has 1 heterocycles. The van der Waals surface area contributed by atoms with Crippen LogP contribution in [-0.4, -0.2) is 22.2 Å². The van der Waals surface area contributed by atoms with Crippen LogP contribution in [-0.2, 0) is 6.42 Å². The minimum Gasteiger partial charge on any atom is -0.375 e. The SMILES string of the molecule is CCCCCCc1c(C)nn(C(=O)CNc2ccccc2Cl)c1C. The largest absolute Gasteiger partial charge is 0.375 e. The molecule has 0 spiro atoms. The highest BCUT2D eigenvalue weighted by molar-refractivity contribution is 6.33. The van der Waals surface area contributed by atoms with Crippen LogP contribution in [0.5, 0.6) is 0 Å². The van der Waals surface area contributed by atoms with Crippen LogP contribution in [0, 0.1) is 13.8 Å². The van der Waals surface area contributed by atoms with E-state index in [1.165, 1.54) is 29.5 Å². The highest BCUT2D eigenvalue weighted by Gasteiger charge is 2.16. The third-order valence-electron chi connectivity index (χ3n) is 4.26. The predicted molar refractivity (Wildman–Crippen MR) is 100 cm³/mol. The highest BCUT2D eigenvalue weighted by Crippen LogP contribution is 2.20. The minimum absolute atomic E-state index is 0.0738. The summed E-state index contributed by atoms with van der Waals surface area (Å²) >= 11 is 6.10. The zero-order chi connectivity index (χ0) is 17.5. The molecule has 0 aliphatic heterocycles. The number of unbranched alkanes of at least 4 members (excludes halogenated alkanes) is 3. The number of rotatable bonds is 8. The Kier molecular flexibility index (Phi) is 6.85. The molecule has 0 amide bonds. The van der Waals surface area contributed by atoms with Gasteiger partial charge in [-0.1, -0.05) is 49.9 Å². The summed E-state index contributed by atoms with van der Waals surface area (Å²) < 4.78 is 1.52. The van der Waals surface area contributed by atoms with E-state index in [1.807, 2.05) is 32.0 Å². The summed E-state index contributed by atoms with van der Waals surface area (Å²) in [7, 11) is 0. The number of para-hydroxylation sites is 1. The average Bonchev–Trinajstić information content (AvgIpc) is 2.85. The van der Waals surface area contributed by atoms with Crippen LogP contribution >= 0.6 is 11.6 Å². The molecule has 0 radical (unpaired) electrons. The molecule has 0 saturated heterocycles. The number of carbonyl (C=O) groups excluding carboxylic acids is 1. The summed E-state index contributed by atoms with van der Waals surface area (Å²) in [6.07, 6.45) is 5.84. The van der Waals surface area contributed by atoms with Crippen molar-refractivity contribution in [1.82, 2.24) is 9.78 Å². The molecule has 0 atom stereocenters. The molecular weight excluding hydrogens is 322 g/mol. The van der Waals surface area contributed by atoms with Gasteiger partial charge in [-0.25, -0.2) is 4.68 Å². The molecule has 5 heteroatoms. The molecular formula is C19H26ClN3O. The molecule has 1 aromatic heterocycles. The number of anilines is 1. The number of nitrogens with zero attached hydrogens (tertiary/aromatic N) is 2. The van der Waals surface area contributed by atoms with E-state index in [-0.39, 0.29) is 12.5 Å². The normalized spacial score (nSPS) is 10.8.